The van der Waals surface area contributed by atoms with Crippen LogP contribution in [0.2, 0.25) is 0 Å². The third kappa shape index (κ3) is 3.29. The quantitative estimate of drug-likeness (QED) is 0.715. The van der Waals surface area contributed by atoms with Gasteiger partial charge in [0, 0.05) is 17.4 Å². The van der Waals surface area contributed by atoms with Crippen molar-refractivity contribution in [3.05, 3.63) is 23.8 Å². The first-order valence-corrected chi connectivity index (χ1v) is 5.90. The molecule has 1 aliphatic rings. The van der Waals surface area contributed by atoms with E-state index in [0.29, 0.717) is 5.69 Å². The SMILES string of the molecule is Nc1cc(NC2CCNCC2)cc(C(F)(F)F)c1. The van der Waals surface area contributed by atoms with E-state index in [1.165, 1.54) is 6.07 Å². The number of nitrogen functional groups attached to an aromatic ring is 1. The van der Waals surface area contributed by atoms with E-state index in [1.54, 1.807) is 0 Å². The van der Waals surface area contributed by atoms with Crippen molar-refractivity contribution in [3.8, 4) is 0 Å². The molecule has 6 heteroatoms. The number of alkyl halides is 3. The zero-order valence-electron chi connectivity index (χ0n) is 9.85. The standard InChI is InChI=1S/C12H16F3N3/c13-12(14,15)8-5-9(16)7-11(6-8)18-10-1-3-17-4-2-10/h5-7,10,17-18H,1-4,16H2. The highest BCUT2D eigenvalue weighted by atomic mass is 19.4. The molecular weight excluding hydrogens is 243 g/mol. The van der Waals surface area contributed by atoms with Gasteiger partial charge in [-0.15, -0.1) is 0 Å². The van der Waals surface area contributed by atoms with Gasteiger partial charge in [0.1, 0.15) is 0 Å². The fourth-order valence-corrected chi connectivity index (χ4v) is 2.10. The van der Waals surface area contributed by atoms with E-state index < -0.39 is 11.7 Å². The van der Waals surface area contributed by atoms with Crippen molar-refractivity contribution in [1.29, 1.82) is 0 Å². The average molecular weight is 259 g/mol. The lowest BCUT2D eigenvalue weighted by Crippen LogP contribution is -2.35. The number of hydrogen-bond acceptors (Lipinski definition) is 3. The molecule has 0 amide bonds. The highest BCUT2D eigenvalue weighted by molar-refractivity contribution is 5.58. The van der Waals surface area contributed by atoms with Gasteiger partial charge in [0.25, 0.3) is 0 Å². The Bertz CT molecular complexity index is 412. The molecule has 0 bridgehead atoms. The highest BCUT2D eigenvalue weighted by Gasteiger charge is 2.31. The number of anilines is 2. The zero-order chi connectivity index (χ0) is 13.2. The van der Waals surface area contributed by atoms with Crippen LogP contribution in [0, 0.1) is 0 Å². The van der Waals surface area contributed by atoms with Gasteiger partial charge in [-0.2, -0.15) is 13.2 Å². The molecule has 0 radical (unpaired) electrons. The molecule has 1 saturated heterocycles. The van der Waals surface area contributed by atoms with Gasteiger partial charge in [-0.25, -0.2) is 0 Å². The summed E-state index contributed by atoms with van der Waals surface area (Å²) in [6.07, 6.45) is -2.56. The molecule has 2 rings (SSSR count). The predicted octanol–water partition coefficient (Wildman–Crippen LogP) is 2.45. The third-order valence-electron chi connectivity index (χ3n) is 2.99. The monoisotopic (exact) mass is 259 g/mol. The molecule has 1 heterocycles. The fourth-order valence-electron chi connectivity index (χ4n) is 2.10. The number of rotatable bonds is 2. The third-order valence-corrected chi connectivity index (χ3v) is 2.99. The maximum atomic E-state index is 12.6. The van der Waals surface area contributed by atoms with E-state index in [9.17, 15) is 13.2 Å². The van der Waals surface area contributed by atoms with Crippen LogP contribution in [0.4, 0.5) is 24.5 Å². The Labute approximate surface area is 104 Å². The Balaban J connectivity index is 2.14. The molecule has 0 aromatic heterocycles. The number of halogens is 3. The Morgan fingerprint density at radius 1 is 1.17 bits per heavy atom. The van der Waals surface area contributed by atoms with Crippen LogP contribution < -0.4 is 16.4 Å². The first-order chi connectivity index (χ1) is 8.45. The minimum atomic E-state index is -4.36. The van der Waals surface area contributed by atoms with Crippen molar-refractivity contribution in [2.75, 3.05) is 24.1 Å². The zero-order valence-corrected chi connectivity index (χ0v) is 9.85. The van der Waals surface area contributed by atoms with Crippen molar-refractivity contribution >= 4 is 11.4 Å². The molecule has 0 saturated carbocycles. The Morgan fingerprint density at radius 3 is 2.44 bits per heavy atom. The summed E-state index contributed by atoms with van der Waals surface area (Å²) in [7, 11) is 0. The van der Waals surface area contributed by atoms with E-state index >= 15 is 0 Å². The van der Waals surface area contributed by atoms with E-state index in [0.717, 1.165) is 38.1 Å². The van der Waals surface area contributed by atoms with Crippen LogP contribution in [0.5, 0.6) is 0 Å². The molecule has 1 aromatic rings. The molecule has 3 nitrogen and oxygen atoms in total. The number of piperidine rings is 1. The lowest BCUT2D eigenvalue weighted by molar-refractivity contribution is -0.137. The second-order valence-electron chi connectivity index (χ2n) is 4.51. The molecule has 1 aliphatic heterocycles. The van der Waals surface area contributed by atoms with Crippen LogP contribution in [0.15, 0.2) is 18.2 Å². The van der Waals surface area contributed by atoms with Gasteiger partial charge in [-0.3, -0.25) is 0 Å². The lowest BCUT2D eigenvalue weighted by atomic mass is 10.1. The van der Waals surface area contributed by atoms with Crippen molar-refractivity contribution in [3.63, 3.8) is 0 Å². The highest BCUT2D eigenvalue weighted by Crippen LogP contribution is 2.33. The van der Waals surface area contributed by atoms with Crippen molar-refractivity contribution in [2.45, 2.75) is 25.1 Å². The van der Waals surface area contributed by atoms with Gasteiger partial charge < -0.3 is 16.4 Å². The fraction of sp³-hybridized carbons (Fsp3) is 0.500. The topological polar surface area (TPSA) is 50.1 Å². The number of hydrogen-bond donors (Lipinski definition) is 3. The summed E-state index contributed by atoms with van der Waals surface area (Å²) in [5.41, 5.74) is 5.36. The van der Waals surface area contributed by atoms with E-state index in [2.05, 4.69) is 10.6 Å². The van der Waals surface area contributed by atoms with Crippen LogP contribution in [0.25, 0.3) is 0 Å². The first kappa shape index (κ1) is 13.0. The van der Waals surface area contributed by atoms with Gasteiger partial charge >= 0.3 is 6.18 Å². The molecule has 1 aromatic carbocycles. The normalized spacial score (nSPS) is 17.7. The van der Waals surface area contributed by atoms with Crippen LogP contribution in [-0.4, -0.2) is 19.1 Å². The molecule has 4 N–H and O–H groups in total. The predicted molar refractivity (Wildman–Crippen MR) is 65.4 cm³/mol. The van der Waals surface area contributed by atoms with Crippen LogP contribution >= 0.6 is 0 Å². The second kappa shape index (κ2) is 5.06. The summed E-state index contributed by atoms with van der Waals surface area (Å²) in [5, 5.41) is 6.32. The van der Waals surface area contributed by atoms with Gasteiger partial charge in [0.15, 0.2) is 0 Å². The largest absolute Gasteiger partial charge is 0.416 e. The molecule has 0 spiro atoms. The summed E-state index contributed by atoms with van der Waals surface area (Å²) >= 11 is 0. The van der Waals surface area contributed by atoms with Gasteiger partial charge in [0.2, 0.25) is 0 Å². The summed E-state index contributed by atoms with van der Waals surface area (Å²) in [6, 6.07) is 3.80. The van der Waals surface area contributed by atoms with Gasteiger partial charge in [0.05, 0.1) is 5.56 Å². The summed E-state index contributed by atoms with van der Waals surface area (Å²) in [5.74, 6) is 0. The minimum Gasteiger partial charge on any atom is -0.399 e. The smallest absolute Gasteiger partial charge is 0.399 e. The van der Waals surface area contributed by atoms with Gasteiger partial charge in [-0.1, -0.05) is 0 Å². The van der Waals surface area contributed by atoms with E-state index in [4.69, 9.17) is 5.73 Å². The molecule has 1 fully saturated rings. The Kier molecular flexibility index (Phi) is 3.65. The molecule has 0 atom stereocenters. The first-order valence-electron chi connectivity index (χ1n) is 5.90. The van der Waals surface area contributed by atoms with Crippen LogP contribution in [-0.2, 0) is 6.18 Å². The lowest BCUT2D eigenvalue weighted by Gasteiger charge is -2.25. The van der Waals surface area contributed by atoms with Crippen molar-refractivity contribution < 1.29 is 13.2 Å². The van der Waals surface area contributed by atoms with Crippen molar-refractivity contribution in [1.82, 2.24) is 5.32 Å². The molecule has 0 aliphatic carbocycles. The maximum Gasteiger partial charge on any atom is 0.416 e. The summed E-state index contributed by atoms with van der Waals surface area (Å²) in [6.45, 7) is 1.76. The molecule has 18 heavy (non-hydrogen) atoms. The van der Waals surface area contributed by atoms with Crippen LogP contribution in [0.3, 0.4) is 0 Å². The Hall–Kier alpha value is -1.43. The molecule has 100 valence electrons. The number of nitrogens with one attached hydrogen (secondary N) is 2. The summed E-state index contributed by atoms with van der Waals surface area (Å²) < 4.78 is 37.9. The molecular formula is C12H16F3N3. The van der Waals surface area contributed by atoms with E-state index in [1.807, 2.05) is 0 Å². The number of nitrogens with two attached hydrogens (primary N) is 1. The van der Waals surface area contributed by atoms with E-state index in [-0.39, 0.29) is 11.7 Å². The molecule has 0 unspecified atom stereocenters. The Morgan fingerprint density at radius 2 is 1.83 bits per heavy atom. The average Bonchev–Trinajstić information content (AvgIpc) is 2.28. The second-order valence-corrected chi connectivity index (χ2v) is 4.51. The number of benzene rings is 1. The maximum absolute atomic E-state index is 12.6. The minimum absolute atomic E-state index is 0.126. The summed E-state index contributed by atoms with van der Waals surface area (Å²) in [4.78, 5) is 0. The van der Waals surface area contributed by atoms with Crippen molar-refractivity contribution in [2.24, 2.45) is 0 Å². The van der Waals surface area contributed by atoms with Crippen LogP contribution in [0.1, 0.15) is 18.4 Å². The van der Waals surface area contributed by atoms with Gasteiger partial charge in [-0.05, 0) is 44.1 Å².